The summed E-state index contributed by atoms with van der Waals surface area (Å²) >= 11 is 1.62. The molecule has 1 aliphatic heterocycles. The number of benzene rings is 2. The van der Waals surface area contributed by atoms with Crippen LogP contribution in [-0.2, 0) is 21.4 Å². The summed E-state index contributed by atoms with van der Waals surface area (Å²) in [6, 6.07) is 20.0. The first-order chi connectivity index (χ1) is 16.0. The minimum absolute atomic E-state index is 0.0123. The fourth-order valence-corrected chi connectivity index (χ4v) is 6.07. The summed E-state index contributed by atoms with van der Waals surface area (Å²) in [6.07, 6.45) is 0. The molecule has 0 N–H and O–H groups in total. The van der Waals surface area contributed by atoms with Gasteiger partial charge in [0.2, 0.25) is 15.9 Å². The Morgan fingerprint density at radius 3 is 2.36 bits per heavy atom. The van der Waals surface area contributed by atoms with Gasteiger partial charge in [0.25, 0.3) is 0 Å². The molecule has 1 amide bonds. The highest BCUT2D eigenvalue weighted by molar-refractivity contribution is 7.89. The van der Waals surface area contributed by atoms with Gasteiger partial charge in [0.1, 0.15) is 6.07 Å². The van der Waals surface area contributed by atoms with E-state index in [1.807, 2.05) is 52.7 Å². The van der Waals surface area contributed by atoms with Crippen molar-refractivity contribution in [1.29, 1.82) is 5.26 Å². The Hall–Kier alpha value is -3.19. The fraction of sp³-hybridized carbons (Fsp3) is 0.250. The number of amides is 1. The lowest BCUT2D eigenvalue weighted by molar-refractivity contribution is -0.130. The molecule has 2 heterocycles. The van der Waals surface area contributed by atoms with Gasteiger partial charge in [0, 0.05) is 38.4 Å². The van der Waals surface area contributed by atoms with Crippen LogP contribution in [0.25, 0.3) is 0 Å². The molecule has 33 heavy (non-hydrogen) atoms. The van der Waals surface area contributed by atoms with Crippen LogP contribution in [0.1, 0.15) is 11.1 Å². The number of carbonyl (C=O) groups excluding carboxylic acids is 1. The van der Waals surface area contributed by atoms with Gasteiger partial charge in [-0.2, -0.15) is 20.9 Å². The van der Waals surface area contributed by atoms with Gasteiger partial charge in [-0.3, -0.25) is 4.79 Å². The van der Waals surface area contributed by atoms with Crippen molar-refractivity contribution in [1.82, 2.24) is 9.21 Å². The summed E-state index contributed by atoms with van der Waals surface area (Å²) in [6.45, 7) is 1.86. The second kappa shape index (κ2) is 10.2. The molecule has 4 rings (SSSR count). The number of carbonyl (C=O) groups is 1. The van der Waals surface area contributed by atoms with E-state index in [0.717, 1.165) is 11.3 Å². The molecule has 7 nitrogen and oxygen atoms in total. The van der Waals surface area contributed by atoms with E-state index >= 15 is 0 Å². The first kappa shape index (κ1) is 23.0. The van der Waals surface area contributed by atoms with E-state index in [0.29, 0.717) is 19.6 Å². The Bertz CT molecular complexity index is 1230. The zero-order valence-corrected chi connectivity index (χ0v) is 19.6. The summed E-state index contributed by atoms with van der Waals surface area (Å²) < 4.78 is 27.5. The zero-order chi connectivity index (χ0) is 23.3. The van der Waals surface area contributed by atoms with Gasteiger partial charge in [-0.15, -0.1) is 0 Å². The molecule has 1 saturated heterocycles. The number of hydrogen-bond acceptors (Lipinski definition) is 6. The summed E-state index contributed by atoms with van der Waals surface area (Å²) in [5, 5.41) is 13.4. The summed E-state index contributed by atoms with van der Waals surface area (Å²) in [4.78, 5) is 16.9. The lowest BCUT2D eigenvalue weighted by Gasteiger charge is -2.35. The Kier molecular flexibility index (Phi) is 7.08. The Morgan fingerprint density at radius 2 is 1.70 bits per heavy atom. The lowest BCUT2D eigenvalue weighted by Crippen LogP contribution is -2.52. The molecular formula is C24H24N4O3S2. The highest BCUT2D eigenvalue weighted by atomic mass is 32.2. The molecule has 9 heteroatoms. The van der Waals surface area contributed by atoms with E-state index < -0.39 is 10.0 Å². The number of thiophene rings is 1. The molecule has 0 unspecified atom stereocenters. The van der Waals surface area contributed by atoms with Gasteiger partial charge in [0.05, 0.1) is 17.0 Å². The van der Waals surface area contributed by atoms with Crippen molar-refractivity contribution in [3.05, 3.63) is 82.6 Å². The lowest BCUT2D eigenvalue weighted by atomic mass is 10.2. The average molecular weight is 481 g/mol. The van der Waals surface area contributed by atoms with Crippen LogP contribution in [-0.4, -0.2) is 56.3 Å². The largest absolute Gasteiger partial charge is 0.358 e. The van der Waals surface area contributed by atoms with Crippen LogP contribution in [0.4, 0.5) is 5.69 Å². The summed E-state index contributed by atoms with van der Waals surface area (Å²) in [7, 11) is -3.79. The first-order valence-electron chi connectivity index (χ1n) is 10.6. The van der Waals surface area contributed by atoms with Crippen molar-refractivity contribution in [3.63, 3.8) is 0 Å². The first-order valence-corrected chi connectivity index (χ1v) is 13.0. The number of nitriles is 1. The highest BCUT2D eigenvalue weighted by Crippen LogP contribution is 2.22. The predicted molar refractivity (Wildman–Crippen MR) is 128 cm³/mol. The van der Waals surface area contributed by atoms with Crippen molar-refractivity contribution in [2.45, 2.75) is 11.4 Å². The maximum Gasteiger partial charge on any atom is 0.244 e. The van der Waals surface area contributed by atoms with Crippen molar-refractivity contribution in [3.8, 4) is 6.07 Å². The maximum atomic E-state index is 13.1. The van der Waals surface area contributed by atoms with Crippen molar-refractivity contribution in [2.24, 2.45) is 0 Å². The van der Waals surface area contributed by atoms with Gasteiger partial charge in [0.15, 0.2) is 0 Å². The van der Waals surface area contributed by atoms with Crippen molar-refractivity contribution < 1.29 is 13.2 Å². The number of rotatable bonds is 7. The van der Waals surface area contributed by atoms with Crippen LogP contribution in [0.2, 0.25) is 0 Å². The Morgan fingerprint density at radius 1 is 1.00 bits per heavy atom. The molecule has 2 aromatic carbocycles. The number of hydrogen-bond donors (Lipinski definition) is 0. The zero-order valence-electron chi connectivity index (χ0n) is 18.0. The molecule has 3 aromatic rings. The number of nitrogens with zero attached hydrogens (tertiary/aromatic N) is 4. The average Bonchev–Trinajstić information content (AvgIpc) is 3.37. The molecule has 1 aromatic heterocycles. The Labute approximate surface area is 198 Å². The monoisotopic (exact) mass is 480 g/mol. The van der Waals surface area contributed by atoms with E-state index in [4.69, 9.17) is 0 Å². The predicted octanol–water partition coefficient (Wildman–Crippen LogP) is 3.16. The van der Waals surface area contributed by atoms with Crippen LogP contribution in [0.5, 0.6) is 0 Å². The van der Waals surface area contributed by atoms with Gasteiger partial charge in [-0.1, -0.05) is 30.3 Å². The molecule has 0 atom stereocenters. The molecule has 170 valence electrons. The molecule has 0 bridgehead atoms. The molecule has 0 radical (unpaired) electrons. The number of sulfonamides is 1. The molecular weight excluding hydrogens is 456 g/mol. The number of anilines is 1. The minimum atomic E-state index is -3.79. The van der Waals surface area contributed by atoms with Crippen molar-refractivity contribution in [2.75, 3.05) is 37.6 Å². The number of para-hydroxylation sites is 1. The minimum Gasteiger partial charge on any atom is -0.358 e. The normalized spacial score (nSPS) is 14.6. The maximum absolute atomic E-state index is 13.1. The fourth-order valence-electron chi connectivity index (χ4n) is 3.84. The third-order valence-electron chi connectivity index (χ3n) is 5.62. The van der Waals surface area contributed by atoms with Crippen LogP contribution >= 0.6 is 11.3 Å². The molecule has 1 fully saturated rings. The molecule has 0 spiro atoms. The van der Waals surface area contributed by atoms with E-state index in [-0.39, 0.29) is 36.0 Å². The topological polar surface area (TPSA) is 84.7 Å². The van der Waals surface area contributed by atoms with Crippen LogP contribution in [0, 0.1) is 11.3 Å². The van der Waals surface area contributed by atoms with Crippen LogP contribution in [0.15, 0.2) is 76.3 Å². The third kappa shape index (κ3) is 5.25. The molecule has 1 aliphatic rings. The smallest absolute Gasteiger partial charge is 0.244 e. The molecule has 0 saturated carbocycles. The SMILES string of the molecule is N#Cc1ccccc1S(=O)(=O)N1CCN(C(=O)CN(Cc2ccsc2)c2ccccc2)CC1. The van der Waals surface area contributed by atoms with Gasteiger partial charge in [-0.05, 0) is 46.7 Å². The van der Waals surface area contributed by atoms with E-state index in [9.17, 15) is 18.5 Å². The van der Waals surface area contributed by atoms with Gasteiger partial charge < -0.3 is 9.80 Å². The summed E-state index contributed by atoms with van der Waals surface area (Å²) in [5.74, 6) is -0.0384. The van der Waals surface area contributed by atoms with Gasteiger partial charge in [-0.25, -0.2) is 8.42 Å². The van der Waals surface area contributed by atoms with Crippen LogP contribution < -0.4 is 4.90 Å². The molecule has 0 aliphatic carbocycles. The van der Waals surface area contributed by atoms with Gasteiger partial charge >= 0.3 is 0 Å². The Balaban J connectivity index is 1.42. The standard InChI is InChI=1S/C24H24N4O3S2/c25-16-21-6-4-5-9-23(21)33(30,31)28-13-11-26(12-14-28)24(29)18-27(17-20-10-15-32-19-20)22-7-2-1-3-8-22/h1-10,15,19H,11-14,17-18H2. The van der Waals surface area contributed by atoms with E-state index in [2.05, 4.69) is 5.38 Å². The van der Waals surface area contributed by atoms with Crippen molar-refractivity contribution >= 4 is 33.0 Å². The second-order valence-electron chi connectivity index (χ2n) is 7.72. The van der Waals surface area contributed by atoms with E-state index in [1.165, 1.54) is 16.4 Å². The second-order valence-corrected chi connectivity index (χ2v) is 10.4. The van der Waals surface area contributed by atoms with Crippen LogP contribution in [0.3, 0.4) is 0 Å². The highest BCUT2D eigenvalue weighted by Gasteiger charge is 2.32. The quantitative estimate of drug-likeness (QED) is 0.519. The number of piperazine rings is 1. The third-order valence-corrected chi connectivity index (χ3v) is 8.31. The van der Waals surface area contributed by atoms with E-state index in [1.54, 1.807) is 28.4 Å². The summed E-state index contributed by atoms with van der Waals surface area (Å²) in [5.41, 5.74) is 2.23.